The molecule has 0 bridgehead atoms. The molecule has 1 rings (SSSR count). The first-order valence-corrected chi connectivity index (χ1v) is 8.40. The molecule has 0 atom stereocenters. The van der Waals surface area contributed by atoms with Gasteiger partial charge in [0.1, 0.15) is 0 Å². The normalized spacial score (nSPS) is 12.2. The fourth-order valence-electron chi connectivity index (χ4n) is 1.55. The molecular formula is C13H22N4O2S. The second-order valence-corrected chi connectivity index (χ2v) is 6.52. The predicted molar refractivity (Wildman–Crippen MR) is 80.9 cm³/mol. The van der Waals surface area contributed by atoms with Crippen LogP contribution in [0, 0.1) is 0 Å². The molecule has 0 saturated carbocycles. The van der Waals surface area contributed by atoms with E-state index in [1.165, 1.54) is 6.26 Å². The summed E-state index contributed by atoms with van der Waals surface area (Å²) in [5.74, 6) is 5.91. The average molecular weight is 298 g/mol. The van der Waals surface area contributed by atoms with Crippen LogP contribution in [0.15, 0.2) is 34.2 Å². The van der Waals surface area contributed by atoms with E-state index in [9.17, 15) is 8.42 Å². The molecular weight excluding hydrogens is 276 g/mol. The van der Waals surface area contributed by atoms with Gasteiger partial charge in [0.25, 0.3) is 0 Å². The molecule has 0 fully saturated rings. The minimum absolute atomic E-state index is 0.309. The van der Waals surface area contributed by atoms with Gasteiger partial charge in [0.2, 0.25) is 5.96 Å². The van der Waals surface area contributed by atoms with Gasteiger partial charge in [-0.05, 0) is 24.1 Å². The summed E-state index contributed by atoms with van der Waals surface area (Å²) >= 11 is 0. The van der Waals surface area contributed by atoms with Gasteiger partial charge in [-0.25, -0.2) is 19.3 Å². The second-order valence-electron chi connectivity index (χ2n) is 4.51. The van der Waals surface area contributed by atoms with Crippen LogP contribution in [0.2, 0.25) is 0 Å². The molecule has 4 N–H and O–H groups in total. The van der Waals surface area contributed by atoms with Gasteiger partial charge in [-0.1, -0.05) is 25.5 Å². The van der Waals surface area contributed by atoms with Crippen molar-refractivity contribution in [3.63, 3.8) is 0 Å². The third kappa shape index (κ3) is 5.58. The SMILES string of the molecule is CCCCNC(=NCc1ccc(S(C)(=O)=O)cc1)NN. The highest BCUT2D eigenvalue weighted by Gasteiger charge is 2.05. The van der Waals surface area contributed by atoms with Crippen molar-refractivity contribution >= 4 is 15.8 Å². The first kappa shape index (κ1) is 16.5. The number of hydrogen-bond acceptors (Lipinski definition) is 4. The molecule has 0 heterocycles. The fourth-order valence-corrected chi connectivity index (χ4v) is 2.18. The molecule has 0 aromatic heterocycles. The van der Waals surface area contributed by atoms with E-state index in [1.807, 2.05) is 0 Å². The van der Waals surface area contributed by atoms with Gasteiger partial charge >= 0.3 is 0 Å². The molecule has 0 aliphatic rings. The number of hydrazine groups is 1. The maximum atomic E-state index is 11.3. The van der Waals surface area contributed by atoms with Crippen molar-refractivity contribution in [2.45, 2.75) is 31.2 Å². The lowest BCUT2D eigenvalue weighted by molar-refractivity contribution is 0.602. The van der Waals surface area contributed by atoms with Crippen molar-refractivity contribution in [3.8, 4) is 0 Å². The monoisotopic (exact) mass is 298 g/mol. The minimum Gasteiger partial charge on any atom is -0.355 e. The van der Waals surface area contributed by atoms with E-state index in [0.717, 1.165) is 24.9 Å². The lowest BCUT2D eigenvalue weighted by Crippen LogP contribution is -2.41. The summed E-state index contributed by atoms with van der Waals surface area (Å²) in [6, 6.07) is 6.67. The lowest BCUT2D eigenvalue weighted by atomic mass is 10.2. The summed E-state index contributed by atoms with van der Waals surface area (Å²) in [5, 5.41) is 3.09. The average Bonchev–Trinajstić information content (AvgIpc) is 2.42. The number of nitrogens with one attached hydrogen (secondary N) is 2. The lowest BCUT2D eigenvalue weighted by Gasteiger charge is -2.08. The number of unbranched alkanes of at least 4 members (excludes halogenated alkanes) is 1. The Morgan fingerprint density at radius 1 is 1.30 bits per heavy atom. The molecule has 112 valence electrons. The molecule has 0 aliphatic heterocycles. The van der Waals surface area contributed by atoms with Gasteiger partial charge in [0, 0.05) is 12.8 Å². The summed E-state index contributed by atoms with van der Waals surface area (Å²) in [4.78, 5) is 4.60. The van der Waals surface area contributed by atoms with Crippen LogP contribution < -0.4 is 16.6 Å². The minimum atomic E-state index is -3.15. The maximum absolute atomic E-state index is 11.3. The number of benzene rings is 1. The maximum Gasteiger partial charge on any atom is 0.206 e. The van der Waals surface area contributed by atoms with E-state index in [1.54, 1.807) is 24.3 Å². The van der Waals surface area contributed by atoms with Crippen LogP contribution in [0.5, 0.6) is 0 Å². The Hall–Kier alpha value is -1.60. The molecule has 0 aliphatic carbocycles. The van der Waals surface area contributed by atoms with Crippen LogP contribution in [0.4, 0.5) is 0 Å². The quantitative estimate of drug-likeness (QED) is 0.237. The van der Waals surface area contributed by atoms with E-state index < -0.39 is 9.84 Å². The van der Waals surface area contributed by atoms with E-state index in [0.29, 0.717) is 17.4 Å². The number of hydrogen-bond donors (Lipinski definition) is 3. The number of aliphatic imine (C=N–C) groups is 1. The third-order valence-corrected chi connectivity index (χ3v) is 3.86. The van der Waals surface area contributed by atoms with Crippen molar-refractivity contribution in [1.82, 2.24) is 10.7 Å². The molecule has 6 nitrogen and oxygen atoms in total. The van der Waals surface area contributed by atoms with Crippen molar-refractivity contribution < 1.29 is 8.42 Å². The zero-order valence-corrected chi connectivity index (χ0v) is 12.7. The second kappa shape index (κ2) is 7.86. The van der Waals surface area contributed by atoms with Crippen molar-refractivity contribution in [1.29, 1.82) is 0 Å². The van der Waals surface area contributed by atoms with Crippen LogP contribution in [0.25, 0.3) is 0 Å². The van der Waals surface area contributed by atoms with Gasteiger partial charge < -0.3 is 5.32 Å². The molecule has 1 aromatic rings. The molecule has 0 radical (unpaired) electrons. The summed E-state index contributed by atoms with van der Waals surface area (Å²) in [6.07, 6.45) is 3.33. The van der Waals surface area contributed by atoms with Crippen molar-refractivity contribution in [3.05, 3.63) is 29.8 Å². The van der Waals surface area contributed by atoms with Gasteiger partial charge in [0.05, 0.1) is 11.4 Å². The summed E-state index contributed by atoms with van der Waals surface area (Å²) in [6.45, 7) is 3.35. The van der Waals surface area contributed by atoms with Crippen molar-refractivity contribution in [2.24, 2.45) is 10.8 Å². The Kier molecular flexibility index (Phi) is 6.47. The van der Waals surface area contributed by atoms with Gasteiger partial charge in [-0.15, -0.1) is 0 Å². The highest BCUT2D eigenvalue weighted by atomic mass is 32.2. The number of nitrogens with two attached hydrogens (primary N) is 1. The van der Waals surface area contributed by atoms with E-state index in [2.05, 4.69) is 22.7 Å². The van der Waals surface area contributed by atoms with E-state index >= 15 is 0 Å². The Morgan fingerprint density at radius 3 is 2.45 bits per heavy atom. The zero-order valence-electron chi connectivity index (χ0n) is 11.9. The molecule has 0 unspecified atom stereocenters. The van der Waals surface area contributed by atoms with E-state index in [-0.39, 0.29) is 0 Å². The van der Waals surface area contributed by atoms with Crippen LogP contribution >= 0.6 is 0 Å². The first-order chi connectivity index (χ1) is 9.47. The van der Waals surface area contributed by atoms with Gasteiger partial charge in [0.15, 0.2) is 9.84 Å². The molecule has 0 amide bonds. The van der Waals surface area contributed by atoms with Crippen LogP contribution in [0.1, 0.15) is 25.3 Å². The largest absolute Gasteiger partial charge is 0.355 e. The van der Waals surface area contributed by atoms with Crippen LogP contribution in [-0.4, -0.2) is 27.2 Å². The van der Waals surface area contributed by atoms with E-state index in [4.69, 9.17) is 5.84 Å². The summed E-state index contributed by atoms with van der Waals surface area (Å²) < 4.78 is 22.7. The summed E-state index contributed by atoms with van der Waals surface area (Å²) in [7, 11) is -3.15. The number of nitrogens with zero attached hydrogens (tertiary/aromatic N) is 1. The molecule has 0 saturated heterocycles. The molecule has 7 heteroatoms. The molecule has 1 aromatic carbocycles. The van der Waals surface area contributed by atoms with Gasteiger partial charge in [-0.2, -0.15) is 0 Å². The standard InChI is InChI=1S/C13H22N4O2S/c1-3-4-9-15-13(17-14)16-10-11-5-7-12(8-6-11)20(2,18)19/h5-8H,3-4,9-10,14H2,1-2H3,(H2,15,16,17). The third-order valence-electron chi connectivity index (χ3n) is 2.73. The molecule has 0 spiro atoms. The summed E-state index contributed by atoms with van der Waals surface area (Å²) in [5.41, 5.74) is 3.43. The Bertz CT molecular complexity index is 538. The Labute approximate surface area is 120 Å². The number of sulfone groups is 1. The first-order valence-electron chi connectivity index (χ1n) is 6.51. The van der Waals surface area contributed by atoms with Gasteiger partial charge in [-0.3, -0.25) is 5.43 Å². The zero-order chi connectivity index (χ0) is 15.0. The molecule has 20 heavy (non-hydrogen) atoms. The Balaban J connectivity index is 2.63. The highest BCUT2D eigenvalue weighted by molar-refractivity contribution is 7.90. The predicted octanol–water partition coefficient (Wildman–Crippen LogP) is 0.799. The smallest absolute Gasteiger partial charge is 0.206 e. The fraction of sp³-hybridized carbons (Fsp3) is 0.462. The van der Waals surface area contributed by atoms with Crippen LogP contribution in [-0.2, 0) is 16.4 Å². The number of rotatable bonds is 6. The Morgan fingerprint density at radius 2 is 1.95 bits per heavy atom. The van der Waals surface area contributed by atoms with Crippen LogP contribution in [0.3, 0.4) is 0 Å². The topological polar surface area (TPSA) is 96.6 Å². The van der Waals surface area contributed by atoms with Crippen molar-refractivity contribution in [2.75, 3.05) is 12.8 Å². The highest BCUT2D eigenvalue weighted by Crippen LogP contribution is 2.10. The number of guanidine groups is 1.